The third-order valence-corrected chi connectivity index (χ3v) is 7.89. The SMILES string of the molecule is CCOc1cc(/C=C2/SC(=O)N(Cc3cccc(C)c3)C2=O)cc(I)c1OCc1cccc2ccccc12. The molecule has 0 saturated carbocycles. The molecule has 0 aromatic heterocycles. The molecule has 0 N–H and O–H groups in total. The van der Waals surface area contributed by atoms with Crippen molar-refractivity contribution < 1.29 is 19.1 Å². The maximum Gasteiger partial charge on any atom is 0.293 e. The van der Waals surface area contributed by atoms with Gasteiger partial charge in [0.15, 0.2) is 11.5 Å². The van der Waals surface area contributed by atoms with Gasteiger partial charge in [-0.3, -0.25) is 14.5 Å². The third kappa shape index (κ3) is 5.73. The van der Waals surface area contributed by atoms with Gasteiger partial charge in [-0.25, -0.2) is 0 Å². The van der Waals surface area contributed by atoms with E-state index >= 15 is 0 Å². The number of rotatable bonds is 8. The summed E-state index contributed by atoms with van der Waals surface area (Å²) in [7, 11) is 0. The lowest BCUT2D eigenvalue weighted by Gasteiger charge is -2.16. The first-order valence-corrected chi connectivity index (χ1v) is 14.2. The Hall–Kier alpha value is -3.30. The van der Waals surface area contributed by atoms with Gasteiger partial charge >= 0.3 is 0 Å². The van der Waals surface area contributed by atoms with Crippen LogP contribution in [-0.4, -0.2) is 22.7 Å². The molecule has 1 aliphatic heterocycles. The molecule has 0 radical (unpaired) electrons. The largest absolute Gasteiger partial charge is 0.490 e. The molecule has 1 aliphatic rings. The number of hydrogen-bond acceptors (Lipinski definition) is 5. The molecule has 192 valence electrons. The van der Waals surface area contributed by atoms with E-state index in [1.165, 1.54) is 10.3 Å². The minimum Gasteiger partial charge on any atom is -0.490 e. The molecule has 38 heavy (non-hydrogen) atoms. The number of aryl methyl sites for hydroxylation is 1. The second-order valence-corrected chi connectivity index (χ2v) is 11.1. The van der Waals surface area contributed by atoms with E-state index in [4.69, 9.17) is 9.47 Å². The summed E-state index contributed by atoms with van der Waals surface area (Å²) in [4.78, 5) is 27.4. The van der Waals surface area contributed by atoms with Gasteiger partial charge in [0.1, 0.15) is 6.61 Å². The summed E-state index contributed by atoms with van der Waals surface area (Å²) in [5.41, 5.74) is 3.88. The molecule has 4 aromatic rings. The van der Waals surface area contributed by atoms with Gasteiger partial charge in [-0.2, -0.15) is 0 Å². The summed E-state index contributed by atoms with van der Waals surface area (Å²) in [6.45, 7) is 5.03. The van der Waals surface area contributed by atoms with Crippen LogP contribution in [0.1, 0.15) is 29.2 Å². The molecule has 1 saturated heterocycles. The normalized spacial score (nSPS) is 14.5. The second kappa shape index (κ2) is 11.6. The summed E-state index contributed by atoms with van der Waals surface area (Å²) in [5.74, 6) is 0.973. The van der Waals surface area contributed by atoms with Crippen LogP contribution in [0.3, 0.4) is 0 Å². The monoisotopic (exact) mass is 635 g/mol. The highest BCUT2D eigenvalue weighted by atomic mass is 127. The average Bonchev–Trinajstić information content (AvgIpc) is 3.15. The van der Waals surface area contributed by atoms with Crippen LogP contribution in [0.2, 0.25) is 0 Å². The first kappa shape index (κ1) is 26.3. The summed E-state index contributed by atoms with van der Waals surface area (Å²) >= 11 is 3.19. The van der Waals surface area contributed by atoms with Crippen molar-refractivity contribution in [2.75, 3.05) is 6.61 Å². The first-order chi connectivity index (χ1) is 18.4. The fourth-order valence-electron chi connectivity index (χ4n) is 4.42. The molecule has 0 aliphatic carbocycles. The summed E-state index contributed by atoms with van der Waals surface area (Å²) in [6, 6.07) is 26.1. The number of imide groups is 1. The lowest BCUT2D eigenvalue weighted by molar-refractivity contribution is -0.123. The standard InChI is InChI=1S/C31H26INO4S/c1-3-36-27-16-22(17-28-30(34)33(31(35)38-28)18-21-9-6-8-20(2)14-21)15-26(32)29(27)37-19-24-12-7-11-23-10-4-5-13-25(23)24/h4-17H,3,18-19H2,1-2H3/b28-17+. The summed E-state index contributed by atoms with van der Waals surface area (Å²) in [6.07, 6.45) is 1.75. The number of hydrogen-bond donors (Lipinski definition) is 0. The Kier molecular flexibility index (Phi) is 8.04. The van der Waals surface area contributed by atoms with Crippen LogP contribution < -0.4 is 9.47 Å². The molecular formula is C31H26INO4S. The molecule has 0 atom stereocenters. The van der Waals surface area contributed by atoms with Crippen molar-refractivity contribution in [3.05, 3.63) is 110 Å². The van der Waals surface area contributed by atoms with Crippen molar-refractivity contribution in [1.29, 1.82) is 0 Å². The molecule has 5 rings (SSSR count). The highest BCUT2D eigenvalue weighted by molar-refractivity contribution is 14.1. The van der Waals surface area contributed by atoms with Gasteiger partial charge in [-0.05, 0) is 93.9 Å². The molecule has 0 bridgehead atoms. The van der Waals surface area contributed by atoms with Gasteiger partial charge in [0.25, 0.3) is 11.1 Å². The van der Waals surface area contributed by atoms with Crippen LogP contribution in [0.5, 0.6) is 11.5 Å². The summed E-state index contributed by atoms with van der Waals surface area (Å²) < 4.78 is 13.1. The van der Waals surface area contributed by atoms with Crippen LogP contribution in [0.25, 0.3) is 16.8 Å². The van der Waals surface area contributed by atoms with Gasteiger partial charge in [0.2, 0.25) is 0 Å². The van der Waals surface area contributed by atoms with E-state index in [2.05, 4.69) is 46.9 Å². The molecule has 2 amide bonds. The zero-order valence-electron chi connectivity index (χ0n) is 21.1. The molecule has 0 unspecified atom stereocenters. The molecular weight excluding hydrogens is 609 g/mol. The number of halogens is 1. The lowest BCUT2D eigenvalue weighted by atomic mass is 10.1. The van der Waals surface area contributed by atoms with E-state index in [0.29, 0.717) is 29.6 Å². The van der Waals surface area contributed by atoms with Crippen molar-refractivity contribution >= 4 is 62.3 Å². The van der Waals surface area contributed by atoms with Crippen LogP contribution in [0, 0.1) is 10.5 Å². The van der Waals surface area contributed by atoms with E-state index in [1.807, 2.05) is 68.4 Å². The number of thioether (sulfide) groups is 1. The van der Waals surface area contributed by atoms with Crippen LogP contribution in [0.15, 0.2) is 83.8 Å². The van der Waals surface area contributed by atoms with Crippen LogP contribution >= 0.6 is 34.4 Å². The van der Waals surface area contributed by atoms with E-state index < -0.39 is 0 Å². The van der Waals surface area contributed by atoms with Gasteiger partial charge in [0.05, 0.1) is 21.6 Å². The Labute approximate surface area is 240 Å². The number of nitrogens with zero attached hydrogens (tertiary/aromatic N) is 1. The van der Waals surface area contributed by atoms with E-state index in [9.17, 15) is 9.59 Å². The Bertz CT molecular complexity index is 1560. The average molecular weight is 636 g/mol. The lowest BCUT2D eigenvalue weighted by Crippen LogP contribution is -2.27. The topological polar surface area (TPSA) is 55.8 Å². The number of amides is 2. The van der Waals surface area contributed by atoms with Crippen molar-refractivity contribution in [3.63, 3.8) is 0 Å². The minimum absolute atomic E-state index is 0.256. The third-order valence-electron chi connectivity index (χ3n) is 6.18. The highest BCUT2D eigenvalue weighted by Crippen LogP contribution is 2.38. The van der Waals surface area contributed by atoms with Crippen molar-refractivity contribution in [2.24, 2.45) is 0 Å². The van der Waals surface area contributed by atoms with E-state index in [1.54, 1.807) is 6.08 Å². The number of ether oxygens (including phenoxy) is 2. The summed E-state index contributed by atoms with van der Waals surface area (Å²) in [5, 5.41) is 2.05. The quantitative estimate of drug-likeness (QED) is 0.145. The number of carbonyl (C=O) groups excluding carboxylic acids is 2. The number of fused-ring (bicyclic) bond motifs is 1. The minimum atomic E-state index is -0.286. The van der Waals surface area contributed by atoms with Crippen molar-refractivity contribution in [2.45, 2.75) is 27.0 Å². The zero-order chi connectivity index (χ0) is 26.6. The molecule has 0 spiro atoms. The molecule has 1 fully saturated rings. The number of benzene rings is 4. The molecule has 4 aromatic carbocycles. The highest BCUT2D eigenvalue weighted by Gasteiger charge is 2.35. The fraction of sp³-hybridized carbons (Fsp3) is 0.161. The second-order valence-electron chi connectivity index (χ2n) is 8.95. The van der Waals surface area contributed by atoms with E-state index in [0.717, 1.165) is 43.0 Å². The maximum atomic E-state index is 13.1. The van der Waals surface area contributed by atoms with Gasteiger partial charge in [0, 0.05) is 0 Å². The smallest absolute Gasteiger partial charge is 0.293 e. The molecule has 1 heterocycles. The van der Waals surface area contributed by atoms with Crippen molar-refractivity contribution in [3.8, 4) is 11.5 Å². The van der Waals surface area contributed by atoms with Crippen LogP contribution in [-0.2, 0) is 17.9 Å². The maximum absolute atomic E-state index is 13.1. The van der Waals surface area contributed by atoms with Crippen molar-refractivity contribution in [1.82, 2.24) is 4.90 Å². The first-order valence-electron chi connectivity index (χ1n) is 12.3. The number of carbonyl (C=O) groups is 2. The zero-order valence-corrected chi connectivity index (χ0v) is 24.0. The van der Waals surface area contributed by atoms with Crippen LogP contribution in [0.4, 0.5) is 4.79 Å². The Morgan fingerprint density at radius 1 is 0.947 bits per heavy atom. The fourth-order valence-corrected chi connectivity index (χ4v) is 6.04. The Morgan fingerprint density at radius 3 is 2.55 bits per heavy atom. The molecule has 7 heteroatoms. The predicted molar refractivity (Wildman–Crippen MR) is 161 cm³/mol. The molecule has 5 nitrogen and oxygen atoms in total. The Morgan fingerprint density at radius 2 is 1.74 bits per heavy atom. The van der Waals surface area contributed by atoms with E-state index in [-0.39, 0.29) is 17.7 Å². The van der Waals surface area contributed by atoms with Gasteiger partial charge in [-0.15, -0.1) is 0 Å². The Balaban J connectivity index is 1.38. The predicted octanol–water partition coefficient (Wildman–Crippen LogP) is 7.97. The van der Waals surface area contributed by atoms with Gasteiger partial charge in [-0.1, -0.05) is 72.3 Å². The van der Waals surface area contributed by atoms with Gasteiger partial charge < -0.3 is 9.47 Å².